The van der Waals surface area contributed by atoms with Crippen LogP contribution in [0.25, 0.3) is 0 Å². The average molecular weight is 261 g/mol. The summed E-state index contributed by atoms with van der Waals surface area (Å²) in [5.74, 6) is 0.358. The van der Waals surface area contributed by atoms with Crippen molar-refractivity contribution in [3.05, 3.63) is 42.0 Å². The minimum atomic E-state index is -0.0310. The van der Waals surface area contributed by atoms with Crippen molar-refractivity contribution in [2.24, 2.45) is 5.92 Å². The van der Waals surface area contributed by atoms with Gasteiger partial charge in [-0.15, -0.1) is 0 Å². The highest BCUT2D eigenvalue weighted by atomic mass is 16.3. The van der Waals surface area contributed by atoms with Gasteiger partial charge in [0.05, 0.1) is 0 Å². The lowest BCUT2D eigenvalue weighted by atomic mass is 10.1. The molecular formula is C15H19NO3. The number of aryl methyl sites for hydroxylation is 1. The van der Waals surface area contributed by atoms with Crippen LogP contribution in [-0.4, -0.2) is 28.8 Å². The summed E-state index contributed by atoms with van der Waals surface area (Å²) in [6.07, 6.45) is 5.51. The Morgan fingerprint density at radius 3 is 2.79 bits per heavy atom. The zero-order valence-electron chi connectivity index (χ0n) is 10.7. The summed E-state index contributed by atoms with van der Waals surface area (Å²) in [5, 5.41) is 21.5. The Balaban J connectivity index is 1.77. The van der Waals surface area contributed by atoms with E-state index < -0.39 is 0 Å². The Labute approximate surface area is 112 Å². The molecule has 0 saturated carbocycles. The Morgan fingerprint density at radius 1 is 1.32 bits per heavy atom. The Morgan fingerprint density at radius 2 is 2.11 bits per heavy atom. The van der Waals surface area contributed by atoms with Gasteiger partial charge in [0, 0.05) is 25.0 Å². The van der Waals surface area contributed by atoms with E-state index in [-0.39, 0.29) is 30.2 Å². The first-order valence-electron chi connectivity index (χ1n) is 6.54. The van der Waals surface area contributed by atoms with Crippen molar-refractivity contribution < 1.29 is 15.0 Å². The molecule has 0 aromatic heterocycles. The fraction of sp³-hybridized carbons (Fsp3) is 0.400. The smallest absolute Gasteiger partial charge is 0.220 e. The zero-order chi connectivity index (χ0) is 13.7. The number of aliphatic hydroxyl groups is 1. The molecule has 0 unspecified atom stereocenters. The second kappa shape index (κ2) is 6.38. The van der Waals surface area contributed by atoms with Crippen molar-refractivity contribution in [1.29, 1.82) is 0 Å². The summed E-state index contributed by atoms with van der Waals surface area (Å²) < 4.78 is 0. The molecule has 19 heavy (non-hydrogen) atoms. The van der Waals surface area contributed by atoms with E-state index >= 15 is 0 Å². The maximum atomic E-state index is 11.8. The number of phenols is 1. The maximum Gasteiger partial charge on any atom is 0.220 e. The molecule has 4 heteroatoms. The number of hydrogen-bond acceptors (Lipinski definition) is 3. The monoisotopic (exact) mass is 261 g/mol. The van der Waals surface area contributed by atoms with Crippen LogP contribution in [-0.2, 0) is 11.2 Å². The number of carbonyl (C=O) groups is 1. The number of hydrogen-bond donors (Lipinski definition) is 3. The largest absolute Gasteiger partial charge is 0.508 e. The second-order valence-electron chi connectivity index (χ2n) is 4.87. The van der Waals surface area contributed by atoms with Crippen molar-refractivity contribution in [3.8, 4) is 5.75 Å². The van der Waals surface area contributed by atoms with Crippen molar-refractivity contribution in [2.75, 3.05) is 6.61 Å². The van der Waals surface area contributed by atoms with E-state index in [0.29, 0.717) is 12.8 Å². The minimum absolute atomic E-state index is 0.0222. The van der Waals surface area contributed by atoms with E-state index in [0.717, 1.165) is 12.0 Å². The molecule has 1 aromatic rings. The molecule has 0 radical (unpaired) electrons. The van der Waals surface area contributed by atoms with Gasteiger partial charge >= 0.3 is 0 Å². The van der Waals surface area contributed by atoms with E-state index in [2.05, 4.69) is 5.32 Å². The number of aliphatic hydroxyl groups excluding tert-OH is 1. The summed E-state index contributed by atoms with van der Waals surface area (Å²) in [4.78, 5) is 11.8. The number of amides is 1. The van der Waals surface area contributed by atoms with Crippen molar-refractivity contribution in [2.45, 2.75) is 25.3 Å². The lowest BCUT2D eigenvalue weighted by molar-refractivity contribution is -0.121. The number of benzene rings is 1. The van der Waals surface area contributed by atoms with Gasteiger partial charge in [0.1, 0.15) is 5.75 Å². The first kappa shape index (κ1) is 13.6. The summed E-state index contributed by atoms with van der Waals surface area (Å²) in [6.45, 7) is 0.126. The van der Waals surface area contributed by atoms with Gasteiger partial charge < -0.3 is 15.5 Å². The third kappa shape index (κ3) is 3.83. The fourth-order valence-electron chi connectivity index (χ4n) is 2.27. The summed E-state index contributed by atoms with van der Waals surface area (Å²) in [7, 11) is 0. The third-order valence-corrected chi connectivity index (χ3v) is 3.37. The molecule has 0 spiro atoms. The molecule has 1 aromatic carbocycles. The molecule has 1 aliphatic rings. The average Bonchev–Trinajstić information content (AvgIpc) is 2.85. The van der Waals surface area contributed by atoms with Gasteiger partial charge in [-0.2, -0.15) is 0 Å². The molecule has 1 amide bonds. The fourth-order valence-corrected chi connectivity index (χ4v) is 2.27. The highest BCUT2D eigenvalue weighted by Gasteiger charge is 2.19. The first-order chi connectivity index (χ1) is 9.19. The highest BCUT2D eigenvalue weighted by Crippen LogP contribution is 2.19. The van der Waals surface area contributed by atoms with Crippen molar-refractivity contribution in [3.63, 3.8) is 0 Å². The lowest BCUT2D eigenvalue weighted by Gasteiger charge is -2.12. The van der Waals surface area contributed by atoms with Gasteiger partial charge in [-0.3, -0.25) is 4.79 Å². The van der Waals surface area contributed by atoms with Crippen LogP contribution in [0.1, 0.15) is 18.4 Å². The maximum absolute atomic E-state index is 11.8. The van der Waals surface area contributed by atoms with Crippen LogP contribution in [0.3, 0.4) is 0 Å². The van der Waals surface area contributed by atoms with E-state index in [1.54, 1.807) is 12.1 Å². The second-order valence-corrected chi connectivity index (χ2v) is 4.87. The first-order valence-corrected chi connectivity index (χ1v) is 6.54. The molecule has 0 heterocycles. The van der Waals surface area contributed by atoms with Gasteiger partial charge in [-0.1, -0.05) is 30.4 Å². The van der Waals surface area contributed by atoms with Gasteiger partial charge in [0.15, 0.2) is 0 Å². The number of aromatic hydroxyl groups is 1. The summed E-state index contributed by atoms with van der Waals surface area (Å²) >= 11 is 0. The van der Waals surface area contributed by atoms with Gasteiger partial charge in [0.25, 0.3) is 0 Å². The number of rotatable bonds is 5. The van der Waals surface area contributed by atoms with Gasteiger partial charge in [-0.05, 0) is 24.5 Å². The van der Waals surface area contributed by atoms with E-state index in [4.69, 9.17) is 5.11 Å². The SMILES string of the molecule is O=C(CCc1ccccc1O)N[C@@H]1C=C[C@H](CO)C1. The zero-order valence-corrected chi connectivity index (χ0v) is 10.7. The molecule has 2 atom stereocenters. The van der Waals surface area contributed by atoms with Crippen LogP contribution in [0.5, 0.6) is 5.75 Å². The van der Waals surface area contributed by atoms with E-state index in [9.17, 15) is 9.90 Å². The molecule has 3 N–H and O–H groups in total. The topological polar surface area (TPSA) is 69.6 Å². The number of nitrogens with one attached hydrogen (secondary N) is 1. The lowest BCUT2D eigenvalue weighted by Crippen LogP contribution is -2.33. The van der Waals surface area contributed by atoms with Crippen molar-refractivity contribution in [1.82, 2.24) is 5.32 Å². The van der Waals surface area contributed by atoms with Gasteiger partial charge in [-0.25, -0.2) is 0 Å². The molecule has 0 saturated heterocycles. The van der Waals surface area contributed by atoms with Gasteiger partial charge in [0.2, 0.25) is 5.91 Å². The predicted molar refractivity (Wildman–Crippen MR) is 72.7 cm³/mol. The van der Waals surface area contributed by atoms with Crippen LogP contribution < -0.4 is 5.32 Å². The third-order valence-electron chi connectivity index (χ3n) is 3.37. The Kier molecular flexibility index (Phi) is 4.58. The summed E-state index contributed by atoms with van der Waals surface area (Å²) in [5.41, 5.74) is 0.785. The van der Waals surface area contributed by atoms with Crippen LogP contribution in [0.15, 0.2) is 36.4 Å². The number of phenolic OH excluding ortho intramolecular Hbond substituents is 1. The van der Waals surface area contributed by atoms with Crippen LogP contribution in [0.4, 0.5) is 0 Å². The number of carbonyl (C=O) groups excluding carboxylic acids is 1. The highest BCUT2D eigenvalue weighted by molar-refractivity contribution is 5.77. The van der Waals surface area contributed by atoms with E-state index in [1.165, 1.54) is 0 Å². The molecule has 2 rings (SSSR count). The molecule has 1 aliphatic carbocycles. The Bertz CT molecular complexity index is 470. The summed E-state index contributed by atoms with van der Waals surface area (Å²) in [6, 6.07) is 7.07. The van der Waals surface area contributed by atoms with Crippen molar-refractivity contribution >= 4 is 5.91 Å². The van der Waals surface area contributed by atoms with Crippen LogP contribution >= 0.6 is 0 Å². The van der Waals surface area contributed by atoms with E-state index in [1.807, 2.05) is 24.3 Å². The standard InChI is InChI=1S/C15H19NO3/c17-10-11-5-7-13(9-11)16-15(19)8-6-12-3-1-2-4-14(12)18/h1-5,7,11,13,17-18H,6,8-10H2,(H,16,19)/t11-,13+/m0/s1. The molecule has 0 fully saturated rings. The van der Waals surface area contributed by atoms with Crippen LogP contribution in [0, 0.1) is 5.92 Å². The predicted octanol–water partition coefficient (Wildman–Crippen LogP) is 1.38. The quantitative estimate of drug-likeness (QED) is 0.701. The molecule has 4 nitrogen and oxygen atoms in total. The molecule has 0 bridgehead atoms. The molecule has 102 valence electrons. The Hall–Kier alpha value is -1.81. The number of para-hydroxylation sites is 1. The minimum Gasteiger partial charge on any atom is -0.508 e. The molecular weight excluding hydrogens is 242 g/mol. The van der Waals surface area contributed by atoms with Crippen LogP contribution in [0.2, 0.25) is 0 Å². The normalized spacial score (nSPS) is 21.5. The molecule has 0 aliphatic heterocycles.